The number of methoxy groups -OCH3 is 1. The minimum Gasteiger partial charge on any atom is -0.504 e. The lowest BCUT2D eigenvalue weighted by Gasteiger charge is -2.13. The fourth-order valence-corrected chi connectivity index (χ4v) is 5.08. The molecular weight excluding hydrogens is 611 g/mol. The molecule has 0 radical (unpaired) electrons. The van der Waals surface area contributed by atoms with Gasteiger partial charge < -0.3 is 24.3 Å². The summed E-state index contributed by atoms with van der Waals surface area (Å²) in [7, 11) is 1.44. The third-order valence-electron chi connectivity index (χ3n) is 6.08. The van der Waals surface area contributed by atoms with Crippen molar-refractivity contribution in [1.29, 1.82) is 0 Å². The Balaban J connectivity index is 1.37. The number of rotatable bonds is 10. The van der Waals surface area contributed by atoms with E-state index < -0.39 is 11.7 Å². The number of furan rings is 1. The monoisotopic (exact) mass is 634 g/mol. The maximum Gasteiger partial charge on any atom is 0.267 e. The Hall–Kier alpha value is -5.07. The van der Waals surface area contributed by atoms with Gasteiger partial charge in [-0.2, -0.15) is 5.10 Å². The molecule has 0 aliphatic carbocycles. The predicted molar refractivity (Wildman–Crippen MR) is 166 cm³/mol. The van der Waals surface area contributed by atoms with Gasteiger partial charge in [-0.3, -0.25) is 14.5 Å². The van der Waals surface area contributed by atoms with Crippen molar-refractivity contribution in [1.82, 2.24) is 4.90 Å². The zero-order chi connectivity index (χ0) is 31.1. The first-order valence-electron chi connectivity index (χ1n) is 13.0. The number of phenols is 1. The molecule has 44 heavy (non-hydrogen) atoms. The van der Waals surface area contributed by atoms with Crippen molar-refractivity contribution in [2.24, 2.45) is 10.2 Å². The normalized spacial score (nSPS) is 15.0. The van der Waals surface area contributed by atoms with Gasteiger partial charge in [-0.05, 0) is 96.2 Å². The number of carbonyl (C=O) groups excluding carboxylic acids is 2. The molecule has 0 bridgehead atoms. The lowest BCUT2D eigenvalue weighted by atomic mass is 10.2. The fourth-order valence-electron chi connectivity index (χ4n) is 3.98. The summed E-state index contributed by atoms with van der Waals surface area (Å²) < 4.78 is 29.5. The number of amides is 2. The van der Waals surface area contributed by atoms with Crippen LogP contribution in [0.1, 0.15) is 16.9 Å². The first-order valence-corrected chi connectivity index (χ1v) is 14.2. The first-order chi connectivity index (χ1) is 21.3. The van der Waals surface area contributed by atoms with Gasteiger partial charge in [0.2, 0.25) is 0 Å². The largest absolute Gasteiger partial charge is 0.504 e. The minimum atomic E-state index is -0.459. The van der Waals surface area contributed by atoms with Gasteiger partial charge >= 0.3 is 0 Å². The highest BCUT2D eigenvalue weighted by Gasteiger charge is 2.34. The second kappa shape index (κ2) is 13.9. The number of nitrogens with zero attached hydrogens (tertiary/aromatic N) is 3. The predicted octanol–water partition coefficient (Wildman–Crippen LogP) is 6.31. The van der Waals surface area contributed by atoms with Crippen LogP contribution in [0.15, 0.2) is 98.6 Å². The number of carbonyl (C=O) groups is 2. The molecule has 10 nitrogen and oxygen atoms in total. The van der Waals surface area contributed by atoms with Crippen LogP contribution in [0.25, 0.3) is 6.08 Å². The number of phenolic OH excluding ortho intramolecular Hbond substituents is 1. The minimum absolute atomic E-state index is 0.00909. The van der Waals surface area contributed by atoms with Crippen LogP contribution in [0.5, 0.6) is 17.2 Å². The highest BCUT2D eigenvalue weighted by molar-refractivity contribution is 8.18. The number of aromatic hydroxyl groups is 1. The molecule has 224 valence electrons. The van der Waals surface area contributed by atoms with E-state index in [1.807, 2.05) is 0 Å². The third-order valence-corrected chi connectivity index (χ3v) is 7.31. The van der Waals surface area contributed by atoms with Crippen molar-refractivity contribution < 1.29 is 33.0 Å². The average molecular weight is 635 g/mol. The van der Waals surface area contributed by atoms with E-state index in [1.54, 1.807) is 48.5 Å². The molecule has 4 aromatic rings. The highest BCUT2D eigenvalue weighted by Crippen LogP contribution is 2.36. The van der Waals surface area contributed by atoms with Gasteiger partial charge in [0.1, 0.15) is 17.3 Å². The summed E-state index contributed by atoms with van der Waals surface area (Å²) in [6.07, 6.45) is 4.57. The molecule has 1 saturated heterocycles. The van der Waals surface area contributed by atoms with E-state index >= 15 is 0 Å². The van der Waals surface area contributed by atoms with Gasteiger partial charge in [0, 0.05) is 16.3 Å². The van der Waals surface area contributed by atoms with Gasteiger partial charge in [0.25, 0.3) is 11.8 Å². The Kier molecular flexibility index (Phi) is 9.62. The molecule has 2 amide bonds. The topological polar surface area (TPSA) is 126 Å². The molecule has 0 unspecified atom stereocenters. The summed E-state index contributed by atoms with van der Waals surface area (Å²) in [6.45, 7) is -0.232. The quantitative estimate of drug-likeness (QED) is 0.119. The van der Waals surface area contributed by atoms with Crippen LogP contribution in [0, 0.1) is 5.82 Å². The number of amidine groups is 1. The van der Waals surface area contributed by atoms with Gasteiger partial charge in [0.15, 0.2) is 23.3 Å². The standard InChI is InChI=1S/C31H24ClFN4O6S/c1-41-27-13-19(4-10-25(27)38)16-34-36-31-37(17-24-3-2-12-42-24)30(40)28(44-31)15-20-14-21(32)5-11-26(20)43-18-29(39)35-23-8-6-22(33)7-9-23/h2-16,38H,17-18H2,1H3,(H,35,39)/b28-15-,34-16-,36-31+. The molecule has 5 rings (SSSR count). The summed E-state index contributed by atoms with van der Waals surface area (Å²) in [5.41, 5.74) is 1.50. The maximum atomic E-state index is 13.5. The van der Waals surface area contributed by atoms with Crippen LogP contribution in [-0.4, -0.2) is 46.9 Å². The summed E-state index contributed by atoms with van der Waals surface area (Å²) in [5, 5.41) is 21.6. The number of anilines is 1. The van der Waals surface area contributed by atoms with Crippen molar-refractivity contribution in [3.05, 3.63) is 112 Å². The van der Waals surface area contributed by atoms with E-state index in [4.69, 9.17) is 25.5 Å². The molecule has 1 aliphatic heterocycles. The van der Waals surface area contributed by atoms with E-state index in [9.17, 15) is 19.1 Å². The van der Waals surface area contributed by atoms with Crippen LogP contribution >= 0.6 is 23.4 Å². The SMILES string of the molecule is COc1cc(/C=N\N=C2\S/C(=C\c3cc(Cl)ccc3OCC(=O)Nc3ccc(F)cc3)C(=O)N2Cc2ccco2)ccc1O. The number of thioether (sulfide) groups is 1. The van der Waals surface area contributed by atoms with Gasteiger partial charge in [-0.15, -0.1) is 5.10 Å². The average Bonchev–Trinajstić information content (AvgIpc) is 3.63. The number of halogens is 2. The first kappa shape index (κ1) is 30.4. The highest BCUT2D eigenvalue weighted by atomic mass is 35.5. The van der Waals surface area contributed by atoms with E-state index in [-0.39, 0.29) is 30.6 Å². The Bertz CT molecular complexity index is 1760. The second-order valence-corrected chi connectivity index (χ2v) is 10.6. The maximum absolute atomic E-state index is 13.5. The number of benzene rings is 3. The third kappa shape index (κ3) is 7.65. The van der Waals surface area contributed by atoms with Crippen LogP contribution in [0.3, 0.4) is 0 Å². The molecule has 13 heteroatoms. The second-order valence-electron chi connectivity index (χ2n) is 9.17. The molecule has 2 heterocycles. The van der Waals surface area contributed by atoms with Gasteiger partial charge in [0.05, 0.1) is 31.0 Å². The van der Waals surface area contributed by atoms with Crippen LogP contribution < -0.4 is 14.8 Å². The number of hydrogen-bond donors (Lipinski definition) is 2. The Morgan fingerprint density at radius 3 is 2.70 bits per heavy atom. The number of hydrogen-bond acceptors (Lipinski definition) is 9. The molecule has 0 atom stereocenters. The smallest absolute Gasteiger partial charge is 0.267 e. The molecule has 1 fully saturated rings. The zero-order valence-corrected chi connectivity index (χ0v) is 24.6. The van der Waals surface area contributed by atoms with Crippen molar-refractivity contribution in [3.8, 4) is 17.2 Å². The number of nitrogens with one attached hydrogen (secondary N) is 1. The van der Waals surface area contributed by atoms with Crippen LogP contribution in [-0.2, 0) is 16.1 Å². The Morgan fingerprint density at radius 2 is 1.95 bits per heavy atom. The summed E-state index contributed by atoms with van der Waals surface area (Å²) in [4.78, 5) is 27.7. The van der Waals surface area contributed by atoms with Crippen LogP contribution in [0.4, 0.5) is 10.1 Å². The molecule has 3 aromatic carbocycles. The van der Waals surface area contributed by atoms with E-state index in [0.29, 0.717) is 43.4 Å². The summed E-state index contributed by atoms with van der Waals surface area (Å²) >= 11 is 7.34. The summed E-state index contributed by atoms with van der Waals surface area (Å²) in [5.74, 6) is -0.107. The van der Waals surface area contributed by atoms with E-state index in [0.717, 1.165) is 11.8 Å². The summed E-state index contributed by atoms with van der Waals surface area (Å²) in [6, 6.07) is 18.3. The lowest BCUT2D eigenvalue weighted by Crippen LogP contribution is -2.28. The number of ether oxygens (including phenoxy) is 2. The van der Waals surface area contributed by atoms with Gasteiger partial charge in [-0.25, -0.2) is 4.39 Å². The molecule has 0 saturated carbocycles. The molecular formula is C31H24ClFN4O6S. The zero-order valence-electron chi connectivity index (χ0n) is 23.1. The van der Waals surface area contributed by atoms with Gasteiger partial charge in [-0.1, -0.05) is 11.6 Å². The van der Waals surface area contributed by atoms with Crippen LogP contribution in [0.2, 0.25) is 5.02 Å². The molecule has 0 spiro atoms. The van der Waals surface area contributed by atoms with E-state index in [2.05, 4.69) is 15.5 Å². The van der Waals surface area contributed by atoms with Crippen molar-refractivity contribution in [3.63, 3.8) is 0 Å². The lowest BCUT2D eigenvalue weighted by molar-refractivity contribution is -0.122. The van der Waals surface area contributed by atoms with E-state index in [1.165, 1.54) is 54.8 Å². The molecule has 1 aliphatic rings. The fraction of sp³-hybridized carbons (Fsp3) is 0.0968. The Morgan fingerprint density at radius 1 is 1.14 bits per heavy atom. The Labute approximate surface area is 260 Å². The van der Waals surface area contributed by atoms with Crippen molar-refractivity contribution in [2.75, 3.05) is 19.0 Å². The molecule has 1 aromatic heterocycles. The molecule has 2 N–H and O–H groups in total. The van der Waals surface area contributed by atoms with Crippen molar-refractivity contribution >= 4 is 58.3 Å². The van der Waals surface area contributed by atoms with Crippen molar-refractivity contribution in [2.45, 2.75) is 6.54 Å².